The average Bonchev–Trinajstić information content (AvgIpc) is 2.66. The number of sulfonamides is 1. The lowest BCUT2D eigenvalue weighted by Gasteiger charge is -2.31. The van der Waals surface area contributed by atoms with Crippen LogP contribution >= 0.6 is 0 Å². The fourth-order valence-electron chi connectivity index (χ4n) is 4.07. The highest BCUT2D eigenvalue weighted by Crippen LogP contribution is 2.26. The van der Waals surface area contributed by atoms with Gasteiger partial charge in [0.25, 0.3) is 0 Å². The summed E-state index contributed by atoms with van der Waals surface area (Å²) < 4.78 is 27.4. The Kier molecular flexibility index (Phi) is 6.44. The van der Waals surface area contributed by atoms with Crippen molar-refractivity contribution in [3.05, 3.63) is 64.2 Å². The summed E-state index contributed by atoms with van der Waals surface area (Å²) in [5, 5.41) is 3.05. The quantitative estimate of drug-likeness (QED) is 0.801. The molecule has 0 saturated carbocycles. The Hall–Kier alpha value is -2.18. The molecule has 0 aliphatic carbocycles. The molecule has 1 N–H and O–H groups in total. The Morgan fingerprint density at radius 1 is 1.07 bits per heavy atom. The minimum atomic E-state index is -3.47. The predicted molar refractivity (Wildman–Crippen MR) is 117 cm³/mol. The van der Waals surface area contributed by atoms with Crippen LogP contribution in [-0.2, 0) is 20.6 Å². The van der Waals surface area contributed by atoms with E-state index in [4.69, 9.17) is 0 Å². The van der Waals surface area contributed by atoms with E-state index in [9.17, 15) is 13.2 Å². The van der Waals surface area contributed by atoms with Crippen LogP contribution in [0.4, 0.5) is 5.69 Å². The molecule has 1 aliphatic rings. The number of carbonyl (C=O) groups excluding carboxylic acids is 1. The van der Waals surface area contributed by atoms with E-state index in [2.05, 4.69) is 5.32 Å². The molecule has 1 aliphatic heterocycles. The maximum absolute atomic E-state index is 13.0. The van der Waals surface area contributed by atoms with Gasteiger partial charge in [0, 0.05) is 18.8 Å². The van der Waals surface area contributed by atoms with E-state index in [0.29, 0.717) is 19.4 Å². The van der Waals surface area contributed by atoms with Gasteiger partial charge in [0.15, 0.2) is 0 Å². The highest BCUT2D eigenvalue weighted by atomic mass is 32.2. The molecule has 0 spiro atoms. The molecule has 0 radical (unpaired) electrons. The second kappa shape index (κ2) is 8.67. The summed E-state index contributed by atoms with van der Waals surface area (Å²) in [4.78, 5) is 12.9. The first kappa shape index (κ1) is 21.5. The molecule has 5 nitrogen and oxygen atoms in total. The molecule has 1 fully saturated rings. The number of nitrogens with one attached hydrogen (secondary N) is 1. The normalized spacial score (nSPS) is 17.9. The molecule has 1 heterocycles. The summed E-state index contributed by atoms with van der Waals surface area (Å²) >= 11 is 0. The highest BCUT2D eigenvalue weighted by molar-refractivity contribution is 7.88. The maximum Gasteiger partial charge on any atom is 0.228 e. The Morgan fingerprint density at radius 2 is 1.72 bits per heavy atom. The largest absolute Gasteiger partial charge is 0.325 e. The van der Waals surface area contributed by atoms with E-state index in [1.165, 1.54) is 4.31 Å². The van der Waals surface area contributed by atoms with Gasteiger partial charge in [0.05, 0.1) is 11.7 Å². The lowest BCUT2D eigenvalue weighted by Crippen LogP contribution is -2.44. The first-order chi connectivity index (χ1) is 13.7. The van der Waals surface area contributed by atoms with Crippen LogP contribution in [0.3, 0.4) is 0 Å². The van der Waals surface area contributed by atoms with Crippen molar-refractivity contribution in [1.29, 1.82) is 0 Å². The molecule has 3 rings (SSSR count). The van der Waals surface area contributed by atoms with Crippen molar-refractivity contribution in [2.45, 2.75) is 46.3 Å². The zero-order valence-corrected chi connectivity index (χ0v) is 18.5. The van der Waals surface area contributed by atoms with Gasteiger partial charge in [-0.05, 0) is 62.8 Å². The molecule has 0 aromatic heterocycles. The second-order valence-corrected chi connectivity index (χ2v) is 10.1. The van der Waals surface area contributed by atoms with Crippen LogP contribution in [0.25, 0.3) is 0 Å². The summed E-state index contributed by atoms with van der Waals surface area (Å²) in [7, 11) is -3.47. The van der Waals surface area contributed by atoms with Gasteiger partial charge in [-0.3, -0.25) is 4.79 Å². The fraction of sp³-hybridized carbons (Fsp3) is 0.435. The summed E-state index contributed by atoms with van der Waals surface area (Å²) in [6.07, 6.45) is 1.39. The van der Waals surface area contributed by atoms with Gasteiger partial charge >= 0.3 is 0 Å². The summed E-state index contributed by atoms with van der Waals surface area (Å²) in [5.41, 5.74) is 5.81. The minimum absolute atomic E-state index is 0.0236. The maximum atomic E-state index is 13.0. The number of aryl methyl sites for hydroxylation is 4. The number of hydrogen-bond donors (Lipinski definition) is 1. The Bertz CT molecular complexity index is 992. The summed E-state index contributed by atoms with van der Waals surface area (Å²) in [6.45, 7) is 8.63. The number of benzene rings is 2. The zero-order chi connectivity index (χ0) is 21.2. The molecular formula is C23H30N2O3S. The first-order valence-electron chi connectivity index (χ1n) is 10.1. The number of amides is 1. The average molecular weight is 415 g/mol. The van der Waals surface area contributed by atoms with E-state index in [-0.39, 0.29) is 24.1 Å². The summed E-state index contributed by atoms with van der Waals surface area (Å²) in [5.74, 6) is -0.462. The lowest BCUT2D eigenvalue weighted by molar-refractivity contribution is -0.120. The number of hydrogen-bond acceptors (Lipinski definition) is 3. The molecule has 2 aromatic rings. The molecular weight excluding hydrogens is 384 g/mol. The fourth-order valence-corrected chi connectivity index (χ4v) is 5.79. The molecule has 0 unspecified atom stereocenters. The van der Waals surface area contributed by atoms with E-state index < -0.39 is 10.0 Å². The van der Waals surface area contributed by atoms with Crippen molar-refractivity contribution in [2.75, 3.05) is 18.4 Å². The third-order valence-corrected chi connectivity index (χ3v) is 7.47. The van der Waals surface area contributed by atoms with Crippen LogP contribution in [0, 0.1) is 33.6 Å². The van der Waals surface area contributed by atoms with Gasteiger partial charge in [0.1, 0.15) is 0 Å². The third kappa shape index (κ3) is 5.06. The zero-order valence-electron chi connectivity index (χ0n) is 17.7. The van der Waals surface area contributed by atoms with Crippen LogP contribution in [0.5, 0.6) is 0 Å². The van der Waals surface area contributed by atoms with Crippen molar-refractivity contribution in [1.82, 2.24) is 4.31 Å². The predicted octanol–water partition coefficient (Wildman–Crippen LogP) is 4.10. The Balaban J connectivity index is 1.72. The number of carbonyl (C=O) groups is 1. The molecule has 156 valence electrons. The van der Waals surface area contributed by atoms with Crippen molar-refractivity contribution in [2.24, 2.45) is 5.92 Å². The van der Waals surface area contributed by atoms with Gasteiger partial charge in [0.2, 0.25) is 15.9 Å². The smallest absolute Gasteiger partial charge is 0.228 e. The molecule has 1 amide bonds. The van der Waals surface area contributed by atoms with Crippen molar-refractivity contribution < 1.29 is 13.2 Å². The van der Waals surface area contributed by atoms with Crippen molar-refractivity contribution in [3.63, 3.8) is 0 Å². The van der Waals surface area contributed by atoms with E-state index in [1.54, 1.807) is 0 Å². The SMILES string of the molecule is Cc1cc(C)c(NC(=O)[C@H]2CCCN(S(=O)(=O)Cc3ccccc3C)C2)c(C)c1. The van der Waals surface area contributed by atoms with Crippen molar-refractivity contribution in [3.8, 4) is 0 Å². The Labute approximate surface area is 174 Å². The molecule has 1 saturated heterocycles. The van der Waals surface area contributed by atoms with E-state index >= 15 is 0 Å². The lowest BCUT2D eigenvalue weighted by atomic mass is 9.98. The monoisotopic (exact) mass is 414 g/mol. The van der Waals surface area contributed by atoms with Crippen LogP contribution in [-0.4, -0.2) is 31.7 Å². The van der Waals surface area contributed by atoms with E-state index in [0.717, 1.165) is 33.5 Å². The second-order valence-electron chi connectivity index (χ2n) is 8.14. The standard InChI is InChI=1S/C23H30N2O3S/c1-16-12-18(3)22(19(4)13-16)24-23(26)20-10-7-11-25(14-20)29(27,28)15-21-9-6-5-8-17(21)2/h5-6,8-9,12-13,20H,7,10-11,14-15H2,1-4H3,(H,24,26)/t20-/m0/s1. The molecule has 0 bridgehead atoms. The first-order valence-corrected chi connectivity index (χ1v) is 11.7. The third-order valence-electron chi connectivity index (χ3n) is 5.67. The topological polar surface area (TPSA) is 66.5 Å². The minimum Gasteiger partial charge on any atom is -0.325 e. The van der Waals surface area contributed by atoms with Gasteiger partial charge < -0.3 is 5.32 Å². The number of piperidine rings is 1. The molecule has 1 atom stereocenters. The molecule has 6 heteroatoms. The number of nitrogens with zero attached hydrogens (tertiary/aromatic N) is 1. The van der Waals surface area contributed by atoms with Crippen LogP contribution < -0.4 is 5.32 Å². The molecule has 2 aromatic carbocycles. The van der Waals surface area contributed by atoms with Gasteiger partial charge in [-0.25, -0.2) is 12.7 Å². The number of rotatable bonds is 5. The van der Waals surface area contributed by atoms with Crippen molar-refractivity contribution >= 4 is 21.6 Å². The van der Waals surface area contributed by atoms with Crippen LogP contribution in [0.2, 0.25) is 0 Å². The number of anilines is 1. The summed E-state index contributed by atoms with van der Waals surface area (Å²) in [6, 6.07) is 11.6. The van der Waals surface area contributed by atoms with Gasteiger partial charge in [-0.15, -0.1) is 0 Å². The van der Waals surface area contributed by atoms with Crippen LogP contribution in [0.1, 0.15) is 40.7 Å². The molecule has 29 heavy (non-hydrogen) atoms. The van der Waals surface area contributed by atoms with Gasteiger partial charge in [-0.2, -0.15) is 0 Å². The van der Waals surface area contributed by atoms with E-state index in [1.807, 2.05) is 64.1 Å². The highest BCUT2D eigenvalue weighted by Gasteiger charge is 2.32. The van der Waals surface area contributed by atoms with Crippen LogP contribution in [0.15, 0.2) is 36.4 Å². The Morgan fingerprint density at radius 3 is 2.38 bits per heavy atom. The van der Waals surface area contributed by atoms with Gasteiger partial charge in [-0.1, -0.05) is 42.0 Å².